The van der Waals surface area contributed by atoms with Crippen LogP contribution in [0.1, 0.15) is 50.5 Å². The summed E-state index contributed by atoms with van der Waals surface area (Å²) < 4.78 is 40.2. The van der Waals surface area contributed by atoms with Gasteiger partial charge in [-0.1, -0.05) is 0 Å². The average molecular weight is 305 g/mol. The molecule has 9 heteroatoms. The highest BCUT2D eigenvalue weighted by molar-refractivity contribution is 4.99. The highest BCUT2D eigenvalue weighted by atomic mass is 19.4. The van der Waals surface area contributed by atoms with Crippen LogP contribution in [0.15, 0.2) is 0 Å². The minimum atomic E-state index is -4.57. The topological polar surface area (TPSA) is 67.1 Å². The molecule has 0 radical (unpaired) electrons. The van der Waals surface area contributed by atoms with Crippen LogP contribution in [0.4, 0.5) is 13.2 Å². The maximum atomic E-state index is 12.8. The van der Waals surface area contributed by atoms with E-state index < -0.39 is 11.8 Å². The molecule has 1 unspecified atom stereocenters. The van der Waals surface area contributed by atoms with Gasteiger partial charge in [0.05, 0.1) is 12.1 Å². The van der Waals surface area contributed by atoms with E-state index in [2.05, 4.69) is 15.5 Å². The van der Waals surface area contributed by atoms with Gasteiger partial charge in [-0.05, 0) is 43.0 Å². The van der Waals surface area contributed by atoms with Crippen LogP contribution in [-0.2, 0) is 0 Å². The number of alkyl halides is 3. The monoisotopic (exact) mass is 305 g/mol. The van der Waals surface area contributed by atoms with E-state index in [0.717, 1.165) is 12.8 Å². The normalized spacial score (nSPS) is 25.0. The molecule has 2 fully saturated rings. The Labute approximate surface area is 119 Å². The van der Waals surface area contributed by atoms with E-state index >= 15 is 0 Å². The maximum Gasteiger partial charge on any atom is 0.417 e. The zero-order valence-electron chi connectivity index (χ0n) is 11.7. The van der Waals surface area contributed by atoms with Crippen LogP contribution in [0.3, 0.4) is 0 Å². The molecule has 1 saturated heterocycles. The second-order valence-electron chi connectivity index (χ2n) is 5.95. The number of aromatic nitrogens is 4. The smallest absolute Gasteiger partial charge is 0.380 e. The Kier molecular flexibility index (Phi) is 3.44. The highest BCUT2D eigenvalue weighted by Crippen LogP contribution is 2.40. The number of tetrazole rings is 1. The fourth-order valence-electron chi connectivity index (χ4n) is 2.78. The van der Waals surface area contributed by atoms with E-state index in [1.165, 1.54) is 0 Å². The molecule has 1 N–H and O–H groups in total. The van der Waals surface area contributed by atoms with E-state index in [-0.39, 0.29) is 32.0 Å². The van der Waals surface area contributed by atoms with Gasteiger partial charge in [0.25, 0.3) is 0 Å². The maximum absolute atomic E-state index is 12.8. The van der Waals surface area contributed by atoms with E-state index in [1.54, 1.807) is 4.68 Å². The summed E-state index contributed by atoms with van der Waals surface area (Å²) in [5.74, 6) is 0.690. The zero-order chi connectivity index (χ0) is 15.3. The minimum Gasteiger partial charge on any atom is -0.380 e. The van der Waals surface area contributed by atoms with Crippen molar-refractivity contribution in [3.05, 3.63) is 5.82 Å². The molecule has 1 aromatic heterocycles. The second kappa shape index (κ2) is 4.91. The zero-order valence-corrected chi connectivity index (χ0v) is 11.7. The second-order valence-corrected chi connectivity index (χ2v) is 5.95. The Balaban J connectivity index is 1.68. The third-order valence-electron chi connectivity index (χ3n) is 4.49. The quantitative estimate of drug-likeness (QED) is 0.915. The fourth-order valence-corrected chi connectivity index (χ4v) is 2.78. The Morgan fingerprint density at radius 3 is 2.43 bits per heavy atom. The summed E-state index contributed by atoms with van der Waals surface area (Å²) in [6.45, 7) is 2.24. The lowest BCUT2D eigenvalue weighted by Gasteiger charge is -2.41. The minimum absolute atomic E-state index is 0.154. The first kappa shape index (κ1) is 14.7. The molecule has 2 heterocycles. The van der Waals surface area contributed by atoms with E-state index in [9.17, 15) is 18.3 Å². The Bertz CT molecular complexity index is 505. The van der Waals surface area contributed by atoms with Crippen molar-refractivity contribution in [3.63, 3.8) is 0 Å². The first-order valence-corrected chi connectivity index (χ1v) is 7.13. The first-order chi connectivity index (χ1) is 9.82. The van der Waals surface area contributed by atoms with Gasteiger partial charge in [-0.15, -0.1) is 5.10 Å². The number of likely N-dealkylation sites (tertiary alicyclic amines) is 1. The van der Waals surface area contributed by atoms with E-state index in [0.29, 0.717) is 11.9 Å². The van der Waals surface area contributed by atoms with Crippen LogP contribution in [0.2, 0.25) is 0 Å². The van der Waals surface area contributed by atoms with Crippen molar-refractivity contribution in [1.29, 1.82) is 0 Å². The average Bonchev–Trinajstić information content (AvgIpc) is 3.15. The molecule has 21 heavy (non-hydrogen) atoms. The highest BCUT2D eigenvalue weighted by Gasteiger charge is 2.55. The van der Waals surface area contributed by atoms with Gasteiger partial charge in [0.15, 0.2) is 11.4 Å². The van der Waals surface area contributed by atoms with Gasteiger partial charge < -0.3 is 5.11 Å². The SMILES string of the molecule is CC(c1nnnn1C1CC1)N1CCC(O)(C(F)(F)F)CC1. The lowest BCUT2D eigenvalue weighted by molar-refractivity contribution is -0.273. The number of piperidine rings is 1. The van der Waals surface area contributed by atoms with Crippen LogP contribution in [0.25, 0.3) is 0 Å². The van der Waals surface area contributed by atoms with Crippen molar-refractivity contribution < 1.29 is 18.3 Å². The summed E-state index contributed by atoms with van der Waals surface area (Å²) in [6.07, 6.45) is -3.12. The molecule has 1 atom stereocenters. The summed E-state index contributed by atoms with van der Waals surface area (Å²) in [5.41, 5.74) is -2.56. The Morgan fingerprint density at radius 2 is 1.90 bits per heavy atom. The van der Waals surface area contributed by atoms with Gasteiger partial charge in [-0.25, -0.2) is 4.68 Å². The molecule has 1 aliphatic carbocycles. The molecule has 1 saturated carbocycles. The molecule has 0 aromatic carbocycles. The number of hydrogen-bond acceptors (Lipinski definition) is 5. The van der Waals surface area contributed by atoms with Gasteiger partial charge >= 0.3 is 6.18 Å². The number of rotatable bonds is 3. The van der Waals surface area contributed by atoms with E-state index in [1.807, 2.05) is 11.8 Å². The van der Waals surface area contributed by atoms with Crippen molar-refractivity contribution in [1.82, 2.24) is 25.1 Å². The number of halogens is 3. The van der Waals surface area contributed by atoms with Crippen LogP contribution in [-0.4, -0.2) is 55.1 Å². The molecular weight excluding hydrogens is 287 g/mol. The molecule has 118 valence electrons. The van der Waals surface area contributed by atoms with Crippen LogP contribution < -0.4 is 0 Å². The molecule has 0 bridgehead atoms. The van der Waals surface area contributed by atoms with Crippen molar-refractivity contribution in [2.24, 2.45) is 0 Å². The molecule has 6 nitrogen and oxygen atoms in total. The van der Waals surface area contributed by atoms with Crippen molar-refractivity contribution in [2.45, 2.75) is 56.5 Å². The van der Waals surface area contributed by atoms with Gasteiger partial charge in [0.2, 0.25) is 0 Å². The predicted octanol–water partition coefficient (Wildman–Crippen LogP) is 1.46. The molecule has 3 rings (SSSR count). The summed E-state index contributed by atoms with van der Waals surface area (Å²) in [5, 5.41) is 21.3. The number of aliphatic hydroxyl groups is 1. The summed E-state index contributed by atoms with van der Waals surface area (Å²) >= 11 is 0. The van der Waals surface area contributed by atoms with Crippen molar-refractivity contribution in [2.75, 3.05) is 13.1 Å². The fraction of sp³-hybridized carbons (Fsp3) is 0.917. The van der Waals surface area contributed by atoms with Crippen LogP contribution in [0, 0.1) is 0 Å². The van der Waals surface area contributed by atoms with E-state index in [4.69, 9.17) is 0 Å². The van der Waals surface area contributed by atoms with Crippen molar-refractivity contribution >= 4 is 0 Å². The molecule has 1 aliphatic heterocycles. The number of nitrogens with zero attached hydrogens (tertiary/aromatic N) is 5. The predicted molar refractivity (Wildman–Crippen MR) is 66.3 cm³/mol. The lowest BCUT2D eigenvalue weighted by Crippen LogP contribution is -2.53. The van der Waals surface area contributed by atoms with Crippen LogP contribution in [0.5, 0.6) is 0 Å². The molecule has 1 aromatic rings. The summed E-state index contributed by atoms with van der Waals surface area (Å²) in [7, 11) is 0. The Morgan fingerprint density at radius 1 is 1.29 bits per heavy atom. The Hall–Kier alpha value is -1.22. The summed E-state index contributed by atoms with van der Waals surface area (Å²) in [6, 6.07) is 0.174. The molecule has 0 spiro atoms. The van der Waals surface area contributed by atoms with Crippen molar-refractivity contribution in [3.8, 4) is 0 Å². The first-order valence-electron chi connectivity index (χ1n) is 7.13. The third-order valence-corrected chi connectivity index (χ3v) is 4.49. The van der Waals surface area contributed by atoms with Gasteiger partial charge in [-0.3, -0.25) is 4.90 Å². The van der Waals surface area contributed by atoms with Gasteiger partial charge in [-0.2, -0.15) is 13.2 Å². The lowest BCUT2D eigenvalue weighted by atomic mass is 9.90. The largest absolute Gasteiger partial charge is 0.417 e. The van der Waals surface area contributed by atoms with Crippen LogP contribution >= 0.6 is 0 Å². The van der Waals surface area contributed by atoms with Gasteiger partial charge in [0, 0.05) is 13.1 Å². The summed E-state index contributed by atoms with van der Waals surface area (Å²) in [4.78, 5) is 1.89. The third kappa shape index (κ3) is 2.64. The van der Waals surface area contributed by atoms with Gasteiger partial charge in [0.1, 0.15) is 0 Å². The molecule has 2 aliphatic rings. The molecular formula is C12H18F3N5O. The standard InChI is InChI=1S/C12H18F3N5O/c1-8(10-16-17-18-20(10)9-2-3-9)19-6-4-11(21,5-7-19)12(13,14)15/h8-9,21H,2-7H2,1H3. The number of hydrogen-bond donors (Lipinski definition) is 1. The molecule has 0 amide bonds.